The molecule has 1 unspecified atom stereocenters. The van der Waals surface area contributed by atoms with Crippen molar-refractivity contribution in [2.75, 3.05) is 19.9 Å². The van der Waals surface area contributed by atoms with Crippen LogP contribution in [0.15, 0.2) is 23.1 Å². The summed E-state index contributed by atoms with van der Waals surface area (Å²) in [6.45, 7) is 6.16. The Morgan fingerprint density at radius 1 is 1.23 bits per heavy atom. The lowest BCUT2D eigenvalue weighted by molar-refractivity contribution is -0.124. The summed E-state index contributed by atoms with van der Waals surface area (Å²) in [4.78, 5) is 38.6. The SMILES string of the molecule is CCC(C)[C@H](NC(=O)c1cn(CC)c2cc3c(cc2c1=O)OCO3)C(=O)NCCO. The molecule has 0 saturated heterocycles. The van der Waals surface area contributed by atoms with Gasteiger partial charge < -0.3 is 29.8 Å². The van der Waals surface area contributed by atoms with Crippen LogP contribution in [-0.4, -0.2) is 47.5 Å². The van der Waals surface area contributed by atoms with Gasteiger partial charge in [-0.05, 0) is 18.9 Å². The number of hydrogen-bond acceptors (Lipinski definition) is 6. The minimum absolute atomic E-state index is 0.0496. The number of amides is 2. The van der Waals surface area contributed by atoms with Gasteiger partial charge in [0.05, 0.1) is 17.5 Å². The molecule has 0 aliphatic carbocycles. The summed E-state index contributed by atoms with van der Waals surface area (Å²) in [6.07, 6.45) is 2.15. The number of nitrogens with zero attached hydrogens (tertiary/aromatic N) is 1. The Labute approximate surface area is 174 Å². The Hall–Kier alpha value is -3.07. The normalized spacial score (nSPS) is 14.4. The van der Waals surface area contributed by atoms with E-state index in [0.717, 1.165) is 0 Å². The number of carbonyl (C=O) groups is 2. The van der Waals surface area contributed by atoms with Crippen molar-refractivity contribution in [3.8, 4) is 11.5 Å². The third-order valence-corrected chi connectivity index (χ3v) is 5.35. The zero-order valence-electron chi connectivity index (χ0n) is 17.4. The van der Waals surface area contributed by atoms with Crippen LogP contribution in [-0.2, 0) is 11.3 Å². The van der Waals surface area contributed by atoms with Gasteiger partial charge in [0.25, 0.3) is 5.91 Å². The van der Waals surface area contributed by atoms with E-state index < -0.39 is 23.3 Å². The van der Waals surface area contributed by atoms with Gasteiger partial charge in [-0.2, -0.15) is 0 Å². The Morgan fingerprint density at radius 3 is 2.57 bits per heavy atom. The van der Waals surface area contributed by atoms with Crippen molar-refractivity contribution in [1.82, 2.24) is 15.2 Å². The topological polar surface area (TPSA) is 119 Å². The molecule has 0 spiro atoms. The second-order valence-electron chi connectivity index (χ2n) is 7.23. The summed E-state index contributed by atoms with van der Waals surface area (Å²) < 4.78 is 12.6. The molecule has 3 N–H and O–H groups in total. The fourth-order valence-electron chi connectivity index (χ4n) is 3.41. The van der Waals surface area contributed by atoms with Gasteiger partial charge >= 0.3 is 0 Å². The molecule has 2 aromatic rings. The molecule has 2 atom stereocenters. The molecule has 2 amide bonds. The van der Waals surface area contributed by atoms with Crippen molar-refractivity contribution >= 4 is 22.7 Å². The fourth-order valence-corrected chi connectivity index (χ4v) is 3.41. The van der Waals surface area contributed by atoms with E-state index in [9.17, 15) is 14.4 Å². The number of aryl methyl sites for hydroxylation is 1. The Kier molecular flexibility index (Phi) is 6.61. The van der Waals surface area contributed by atoms with Gasteiger partial charge in [-0.1, -0.05) is 20.3 Å². The predicted octanol–water partition coefficient (Wildman–Crippen LogP) is 1.00. The highest BCUT2D eigenvalue weighted by atomic mass is 16.7. The molecule has 9 nitrogen and oxygen atoms in total. The molecule has 1 aliphatic heterocycles. The second-order valence-corrected chi connectivity index (χ2v) is 7.23. The van der Waals surface area contributed by atoms with E-state index in [4.69, 9.17) is 14.6 Å². The molecule has 162 valence electrons. The molecule has 0 fully saturated rings. The fraction of sp³-hybridized carbons (Fsp3) is 0.476. The van der Waals surface area contributed by atoms with Crippen LogP contribution in [0.5, 0.6) is 11.5 Å². The third kappa shape index (κ3) is 4.11. The molecule has 30 heavy (non-hydrogen) atoms. The number of aliphatic hydroxyl groups is 1. The van der Waals surface area contributed by atoms with E-state index in [-0.39, 0.29) is 31.4 Å². The van der Waals surface area contributed by atoms with Gasteiger partial charge in [0.2, 0.25) is 18.1 Å². The number of hydrogen-bond donors (Lipinski definition) is 3. The van der Waals surface area contributed by atoms with Crippen molar-refractivity contribution in [3.05, 3.63) is 34.1 Å². The smallest absolute Gasteiger partial charge is 0.257 e. The molecule has 9 heteroatoms. The minimum Gasteiger partial charge on any atom is -0.454 e. The van der Waals surface area contributed by atoms with E-state index in [1.54, 1.807) is 16.7 Å². The monoisotopic (exact) mass is 417 g/mol. The van der Waals surface area contributed by atoms with Crippen LogP contribution in [0.25, 0.3) is 10.9 Å². The quantitative estimate of drug-likeness (QED) is 0.590. The summed E-state index contributed by atoms with van der Waals surface area (Å²) in [7, 11) is 0. The van der Waals surface area contributed by atoms with Gasteiger partial charge in [0, 0.05) is 25.4 Å². The summed E-state index contributed by atoms with van der Waals surface area (Å²) in [5.74, 6) is -0.160. The Morgan fingerprint density at radius 2 is 1.93 bits per heavy atom. The lowest BCUT2D eigenvalue weighted by atomic mass is 9.97. The van der Waals surface area contributed by atoms with Crippen molar-refractivity contribution in [1.29, 1.82) is 0 Å². The molecule has 0 radical (unpaired) electrons. The molecule has 3 rings (SSSR count). The van der Waals surface area contributed by atoms with Crippen LogP contribution in [0, 0.1) is 5.92 Å². The van der Waals surface area contributed by atoms with Crippen LogP contribution < -0.4 is 25.5 Å². The van der Waals surface area contributed by atoms with Crippen molar-refractivity contribution in [2.24, 2.45) is 5.92 Å². The average Bonchev–Trinajstić information content (AvgIpc) is 3.21. The largest absolute Gasteiger partial charge is 0.454 e. The number of pyridine rings is 1. The first-order valence-electron chi connectivity index (χ1n) is 10.1. The Balaban J connectivity index is 1.99. The maximum Gasteiger partial charge on any atom is 0.257 e. The number of ether oxygens (including phenoxy) is 2. The summed E-state index contributed by atoms with van der Waals surface area (Å²) in [5.41, 5.74) is 0.151. The van der Waals surface area contributed by atoms with E-state index in [1.165, 1.54) is 6.20 Å². The number of rotatable bonds is 8. The van der Waals surface area contributed by atoms with Gasteiger partial charge in [-0.25, -0.2) is 0 Å². The number of nitrogens with one attached hydrogen (secondary N) is 2. The molecular weight excluding hydrogens is 390 g/mol. The maximum atomic E-state index is 13.1. The van der Waals surface area contributed by atoms with Gasteiger partial charge in [0.15, 0.2) is 11.5 Å². The highest BCUT2D eigenvalue weighted by Crippen LogP contribution is 2.35. The van der Waals surface area contributed by atoms with Crippen molar-refractivity contribution < 1.29 is 24.2 Å². The highest BCUT2D eigenvalue weighted by Gasteiger charge is 2.28. The lowest BCUT2D eigenvalue weighted by Gasteiger charge is -2.23. The standard InChI is InChI=1S/C21H27N3O6/c1-4-12(3)18(21(28)22-6-7-25)23-20(27)14-10-24(5-2)15-9-17-16(29-11-30-17)8-13(15)19(14)26/h8-10,12,18,25H,4-7,11H2,1-3H3,(H,22,28)(H,23,27)/t12?,18-/m0/s1. The molecular formula is C21H27N3O6. The van der Waals surface area contributed by atoms with Gasteiger partial charge in [-0.15, -0.1) is 0 Å². The van der Waals surface area contributed by atoms with Crippen LogP contribution in [0.4, 0.5) is 0 Å². The summed E-state index contributed by atoms with van der Waals surface area (Å²) >= 11 is 0. The number of benzene rings is 1. The lowest BCUT2D eigenvalue weighted by Crippen LogP contribution is -2.51. The van der Waals surface area contributed by atoms with Gasteiger partial charge in [-0.3, -0.25) is 14.4 Å². The number of carbonyl (C=O) groups excluding carboxylic acids is 2. The van der Waals surface area contributed by atoms with Crippen LogP contribution >= 0.6 is 0 Å². The first kappa shape index (κ1) is 21.6. The number of aliphatic hydroxyl groups excluding tert-OH is 1. The Bertz CT molecular complexity index is 1020. The maximum absolute atomic E-state index is 13.1. The first-order valence-corrected chi connectivity index (χ1v) is 10.1. The molecule has 1 aliphatic rings. The van der Waals surface area contributed by atoms with Crippen LogP contribution in [0.1, 0.15) is 37.6 Å². The molecule has 0 bridgehead atoms. The van der Waals surface area contributed by atoms with Gasteiger partial charge in [0.1, 0.15) is 11.6 Å². The first-order chi connectivity index (χ1) is 14.4. The number of aromatic nitrogens is 1. The molecule has 1 aromatic heterocycles. The van der Waals surface area contributed by atoms with Crippen molar-refractivity contribution in [3.63, 3.8) is 0 Å². The zero-order valence-corrected chi connectivity index (χ0v) is 17.4. The van der Waals surface area contributed by atoms with E-state index in [0.29, 0.717) is 35.4 Å². The molecule has 2 heterocycles. The zero-order chi connectivity index (χ0) is 21.8. The average molecular weight is 417 g/mol. The summed E-state index contributed by atoms with van der Waals surface area (Å²) in [5, 5.41) is 14.6. The highest BCUT2D eigenvalue weighted by molar-refractivity contribution is 6.00. The van der Waals surface area contributed by atoms with Crippen LogP contribution in [0.2, 0.25) is 0 Å². The number of fused-ring (bicyclic) bond motifs is 2. The third-order valence-electron chi connectivity index (χ3n) is 5.35. The molecule has 0 saturated carbocycles. The minimum atomic E-state index is -0.823. The predicted molar refractivity (Wildman–Crippen MR) is 111 cm³/mol. The summed E-state index contributed by atoms with van der Waals surface area (Å²) in [6, 6.07) is 2.49. The van der Waals surface area contributed by atoms with E-state index in [2.05, 4.69) is 10.6 Å². The van der Waals surface area contributed by atoms with Crippen molar-refractivity contribution in [2.45, 2.75) is 39.8 Å². The van der Waals surface area contributed by atoms with E-state index in [1.807, 2.05) is 20.8 Å². The van der Waals surface area contributed by atoms with Crippen LogP contribution in [0.3, 0.4) is 0 Å². The molecule has 1 aromatic carbocycles. The van der Waals surface area contributed by atoms with E-state index >= 15 is 0 Å². The second kappa shape index (κ2) is 9.17.